The fourth-order valence-corrected chi connectivity index (χ4v) is 12.0. The van der Waals surface area contributed by atoms with Crippen LogP contribution in [0.3, 0.4) is 0 Å². The number of alkyl carbamates (subject to hydrolysis) is 3. The molecule has 10 rings (SSSR count). The predicted molar refractivity (Wildman–Crippen MR) is 367 cm³/mol. The van der Waals surface area contributed by atoms with Crippen LogP contribution in [0.1, 0.15) is 117 Å². The second-order valence-electron chi connectivity index (χ2n) is 24.4. The van der Waals surface area contributed by atoms with Gasteiger partial charge in [0.05, 0.1) is 13.2 Å². The van der Waals surface area contributed by atoms with E-state index in [4.69, 9.17) is 29.2 Å². The maximum atomic E-state index is 12.8. The van der Waals surface area contributed by atoms with Crippen LogP contribution in [0.2, 0.25) is 0 Å². The standard InChI is InChI=1S/C41H46N2O7.C36H36N4O5/c1-5-28-25-30(48-23-11-10-22-42-39(46)50-41(2,3)4)20-21-31(28)29-18-16-27(17-19-29)24-37(38(44)45)43-40(47)49-26-36-34-14-8-6-12-32(34)33-13-7-9-15-35(33)36;1-2-25-22-27(44-20-8-7-19-38-40-37)17-18-28(25)26-15-13-24(14-16-26)21-34(35(41)42)39-36(43)45-23-33-31-11-5-3-9-29(31)30-10-4-6-12-32(30)33/h6-9,12-21,25,36-37H,5,10-11,22-24,26H2,1-4H3,(H,42,46)(H,43,47)(H,44,45);3-6,9-18,22,33-34H,2,7-8,19-21,23H2,1H3,(H,39,43)(H,41,42)/t37-;34-/m00/s1. The Kier molecular flexibility index (Phi) is 24.1. The smallest absolute Gasteiger partial charge is 0.407 e. The average molecular weight is 1280 g/mol. The molecule has 18 heteroatoms. The van der Waals surface area contributed by atoms with Gasteiger partial charge >= 0.3 is 30.2 Å². The molecule has 492 valence electrons. The molecule has 0 aliphatic heterocycles. The van der Waals surface area contributed by atoms with E-state index in [-0.39, 0.29) is 37.9 Å². The van der Waals surface area contributed by atoms with Gasteiger partial charge in [-0.2, -0.15) is 0 Å². The molecule has 0 spiro atoms. The number of amides is 3. The number of carbonyl (C=O) groups excluding carboxylic acids is 3. The molecule has 18 nitrogen and oxygen atoms in total. The van der Waals surface area contributed by atoms with Gasteiger partial charge in [-0.05, 0) is 178 Å². The number of aliphatic carboxylic acids is 2. The SMILES string of the molecule is CCc1cc(OCCCCN=[N+]=[N-])ccc1-c1ccc(C[C@H](NC(=O)OCC2c3ccccc3-c3ccccc32)C(=O)O)cc1.CCc1cc(OCCCCNC(=O)OC(C)(C)C)ccc1-c1ccc(C[C@H](NC(=O)OCC2c3ccccc3-c3ccccc32)C(=O)O)cc1. The van der Waals surface area contributed by atoms with Gasteiger partial charge in [0, 0.05) is 42.7 Å². The summed E-state index contributed by atoms with van der Waals surface area (Å²) in [6.45, 7) is 12.0. The monoisotopic (exact) mass is 1280 g/mol. The third-order valence-electron chi connectivity index (χ3n) is 16.7. The summed E-state index contributed by atoms with van der Waals surface area (Å²) in [6.07, 6.45) is 3.05. The van der Waals surface area contributed by atoms with Crippen LogP contribution in [0, 0.1) is 0 Å². The zero-order valence-corrected chi connectivity index (χ0v) is 54.3. The first-order valence-electron chi connectivity index (χ1n) is 32.4. The number of hydrogen-bond acceptors (Lipinski definition) is 11. The molecule has 2 aliphatic rings. The lowest BCUT2D eigenvalue weighted by molar-refractivity contribution is -0.140. The number of hydrogen-bond donors (Lipinski definition) is 5. The highest BCUT2D eigenvalue weighted by molar-refractivity contribution is 5.83. The van der Waals surface area contributed by atoms with Gasteiger partial charge in [0.2, 0.25) is 0 Å². The Balaban J connectivity index is 0.000000225. The van der Waals surface area contributed by atoms with Crippen LogP contribution in [0.5, 0.6) is 11.5 Å². The van der Waals surface area contributed by atoms with Crippen molar-refractivity contribution in [1.29, 1.82) is 0 Å². The molecule has 0 unspecified atom stereocenters. The molecule has 0 aromatic heterocycles. The van der Waals surface area contributed by atoms with Crippen molar-refractivity contribution in [2.75, 3.05) is 39.5 Å². The van der Waals surface area contributed by atoms with E-state index in [1.54, 1.807) is 0 Å². The number of fused-ring (bicyclic) bond motifs is 6. The molecule has 2 aliphatic carbocycles. The highest BCUT2D eigenvalue weighted by Gasteiger charge is 2.32. The fourth-order valence-electron chi connectivity index (χ4n) is 12.0. The molecule has 2 atom stereocenters. The number of carbonyl (C=O) groups is 5. The van der Waals surface area contributed by atoms with Gasteiger partial charge in [0.15, 0.2) is 0 Å². The van der Waals surface area contributed by atoms with Crippen molar-refractivity contribution in [3.8, 4) is 56.0 Å². The summed E-state index contributed by atoms with van der Waals surface area (Å²) in [5.74, 6) is -0.911. The van der Waals surface area contributed by atoms with E-state index in [0.29, 0.717) is 26.3 Å². The predicted octanol–water partition coefficient (Wildman–Crippen LogP) is 16.1. The van der Waals surface area contributed by atoms with Crippen LogP contribution in [0.15, 0.2) is 187 Å². The molecule has 0 fully saturated rings. The third kappa shape index (κ3) is 18.8. The van der Waals surface area contributed by atoms with Gasteiger partial charge in [-0.25, -0.2) is 24.0 Å². The van der Waals surface area contributed by atoms with Crippen LogP contribution in [0.4, 0.5) is 14.4 Å². The number of azide groups is 1. The van der Waals surface area contributed by atoms with E-state index in [9.17, 15) is 34.2 Å². The van der Waals surface area contributed by atoms with Gasteiger partial charge in [-0.15, -0.1) is 0 Å². The highest BCUT2D eigenvalue weighted by Crippen LogP contribution is 2.46. The summed E-state index contributed by atoms with van der Waals surface area (Å²) in [4.78, 5) is 64.3. The summed E-state index contributed by atoms with van der Waals surface area (Å²) >= 11 is 0. The van der Waals surface area contributed by atoms with Gasteiger partial charge in [0.25, 0.3) is 0 Å². The second kappa shape index (κ2) is 33.3. The first-order valence-corrected chi connectivity index (χ1v) is 32.4. The summed E-state index contributed by atoms with van der Waals surface area (Å²) < 4.78 is 28.3. The number of rotatable bonds is 28. The maximum Gasteiger partial charge on any atom is 0.407 e. The van der Waals surface area contributed by atoms with Crippen LogP contribution in [-0.4, -0.2) is 97.6 Å². The first-order chi connectivity index (χ1) is 46.0. The molecular formula is C77H82N6O12. The molecule has 0 saturated heterocycles. The summed E-state index contributed by atoms with van der Waals surface area (Å²) in [5, 5.41) is 31.2. The van der Waals surface area contributed by atoms with E-state index in [1.165, 1.54) is 0 Å². The Bertz CT molecular complexity index is 3920. The Hall–Kier alpha value is -10.6. The number of nitrogens with one attached hydrogen (secondary N) is 3. The van der Waals surface area contributed by atoms with Crippen LogP contribution in [0.25, 0.3) is 55.0 Å². The summed E-state index contributed by atoms with van der Waals surface area (Å²) in [7, 11) is 0. The minimum atomic E-state index is -1.15. The lowest BCUT2D eigenvalue weighted by atomic mass is 9.96. The number of benzene rings is 8. The van der Waals surface area contributed by atoms with Crippen molar-refractivity contribution in [3.05, 3.63) is 237 Å². The van der Waals surface area contributed by atoms with Crippen molar-refractivity contribution in [2.24, 2.45) is 5.11 Å². The Morgan fingerprint density at radius 3 is 1.26 bits per heavy atom. The van der Waals surface area contributed by atoms with E-state index in [2.05, 4.69) is 64.1 Å². The van der Waals surface area contributed by atoms with Gasteiger partial charge in [-0.3, -0.25) is 0 Å². The average Bonchev–Trinajstić information content (AvgIpc) is 1.63. The number of aryl methyl sites for hydroxylation is 2. The Morgan fingerprint density at radius 1 is 0.505 bits per heavy atom. The van der Waals surface area contributed by atoms with Crippen LogP contribution < -0.4 is 25.4 Å². The quantitative estimate of drug-likeness (QED) is 0.0101. The molecule has 0 heterocycles. The van der Waals surface area contributed by atoms with Crippen molar-refractivity contribution >= 4 is 30.2 Å². The molecule has 95 heavy (non-hydrogen) atoms. The molecule has 8 aromatic carbocycles. The second-order valence-corrected chi connectivity index (χ2v) is 24.4. The zero-order valence-electron chi connectivity index (χ0n) is 54.3. The van der Waals surface area contributed by atoms with Crippen molar-refractivity contribution < 1.29 is 57.9 Å². The molecular weight excluding hydrogens is 1200 g/mol. The number of unbranched alkanes of at least 4 members (excludes halogenated alkanes) is 2. The number of carboxylic acids is 2. The van der Waals surface area contributed by atoms with Crippen molar-refractivity contribution in [3.63, 3.8) is 0 Å². The normalized spacial score (nSPS) is 12.6. The van der Waals surface area contributed by atoms with Gasteiger partial charge < -0.3 is 49.8 Å². The van der Waals surface area contributed by atoms with E-state index >= 15 is 0 Å². The minimum absolute atomic E-state index is 0.108. The first kappa shape index (κ1) is 68.8. The molecule has 0 radical (unpaired) electrons. The van der Waals surface area contributed by atoms with Crippen LogP contribution >= 0.6 is 0 Å². The summed E-state index contributed by atoms with van der Waals surface area (Å²) in [6, 6.07) is 57.4. The largest absolute Gasteiger partial charge is 0.494 e. The molecule has 0 saturated carbocycles. The topological polar surface area (TPSA) is 257 Å². The van der Waals surface area contributed by atoms with Gasteiger partial charge in [0.1, 0.15) is 42.4 Å². The van der Waals surface area contributed by atoms with Gasteiger partial charge in [-0.1, -0.05) is 177 Å². The molecule has 5 N–H and O–H groups in total. The highest BCUT2D eigenvalue weighted by atomic mass is 16.6. The lowest BCUT2D eigenvalue weighted by Gasteiger charge is -2.19. The van der Waals surface area contributed by atoms with Crippen molar-refractivity contribution in [1.82, 2.24) is 16.0 Å². The van der Waals surface area contributed by atoms with Crippen molar-refractivity contribution in [2.45, 2.75) is 116 Å². The fraction of sp³-hybridized carbons (Fsp3) is 0.312. The lowest BCUT2D eigenvalue weighted by Crippen LogP contribution is -2.42. The Labute approximate surface area is 554 Å². The Morgan fingerprint density at radius 2 is 0.895 bits per heavy atom. The molecule has 8 aromatic rings. The van der Waals surface area contributed by atoms with Crippen LogP contribution in [-0.2, 0) is 49.5 Å². The number of carboxylic acid groups (broad SMARTS) is 2. The number of nitrogens with zero attached hydrogens (tertiary/aromatic N) is 3. The third-order valence-corrected chi connectivity index (χ3v) is 16.7. The van der Waals surface area contributed by atoms with E-state index in [1.807, 2.05) is 178 Å². The zero-order chi connectivity index (χ0) is 67.3. The van der Waals surface area contributed by atoms with E-state index < -0.39 is 47.9 Å². The molecule has 3 amide bonds. The maximum absolute atomic E-state index is 12.8. The van der Waals surface area contributed by atoms with E-state index in [0.717, 1.165) is 139 Å². The minimum Gasteiger partial charge on any atom is -0.494 e. The summed E-state index contributed by atoms with van der Waals surface area (Å²) in [5.41, 5.74) is 24.7. The number of ether oxygens (including phenoxy) is 5. The molecule has 0 bridgehead atoms.